The second kappa shape index (κ2) is 8.86. The van der Waals surface area contributed by atoms with Crippen molar-refractivity contribution in [1.82, 2.24) is 24.5 Å². The SMILES string of the molecule is CNc1cc(Nc2cccn([C@H]3CCC[C@@H](OC)C3)c2=O)nc2c(C(=O)NC3CC3)cnn12. The van der Waals surface area contributed by atoms with Gasteiger partial charge >= 0.3 is 0 Å². The molecule has 3 heterocycles. The highest BCUT2D eigenvalue weighted by molar-refractivity contribution is 6.00. The van der Waals surface area contributed by atoms with Crippen molar-refractivity contribution in [2.24, 2.45) is 0 Å². The Labute approximate surface area is 191 Å². The lowest BCUT2D eigenvalue weighted by Crippen LogP contribution is -2.31. The fourth-order valence-electron chi connectivity index (χ4n) is 4.47. The molecule has 2 aliphatic carbocycles. The number of nitrogens with one attached hydrogen (secondary N) is 3. The van der Waals surface area contributed by atoms with Crippen LogP contribution in [0.2, 0.25) is 0 Å². The molecule has 0 unspecified atom stereocenters. The highest BCUT2D eigenvalue weighted by Gasteiger charge is 2.27. The lowest BCUT2D eigenvalue weighted by Gasteiger charge is -2.29. The maximum Gasteiger partial charge on any atom is 0.274 e. The lowest BCUT2D eigenvalue weighted by atomic mass is 9.92. The van der Waals surface area contributed by atoms with Gasteiger partial charge in [0.25, 0.3) is 11.5 Å². The molecule has 33 heavy (non-hydrogen) atoms. The van der Waals surface area contributed by atoms with E-state index >= 15 is 0 Å². The lowest BCUT2D eigenvalue weighted by molar-refractivity contribution is 0.0525. The standard InChI is InChI=1S/C23H29N7O3/c1-24-20-12-19(28-21-17(13-25-30(20)21)22(31)26-14-8-9-14)27-18-7-4-10-29(23(18)32)15-5-3-6-16(11-15)33-2/h4,7,10,12-16,24H,3,5-6,8-9,11H2,1-2H3,(H,26,31)(H,27,28)/t15-,16+/m0/s1. The van der Waals surface area contributed by atoms with Crippen LogP contribution in [0.5, 0.6) is 0 Å². The number of ether oxygens (including phenoxy) is 1. The van der Waals surface area contributed by atoms with Crippen LogP contribution in [0.3, 0.4) is 0 Å². The van der Waals surface area contributed by atoms with Crippen LogP contribution >= 0.6 is 0 Å². The Morgan fingerprint density at radius 2 is 2.09 bits per heavy atom. The van der Waals surface area contributed by atoms with Crippen LogP contribution in [0.25, 0.3) is 5.65 Å². The molecule has 10 heteroatoms. The number of anilines is 3. The average molecular weight is 452 g/mol. The van der Waals surface area contributed by atoms with Crippen molar-refractivity contribution in [3.8, 4) is 0 Å². The molecule has 10 nitrogen and oxygen atoms in total. The van der Waals surface area contributed by atoms with Crippen molar-refractivity contribution in [3.63, 3.8) is 0 Å². The number of pyridine rings is 1. The minimum Gasteiger partial charge on any atom is -0.381 e. The van der Waals surface area contributed by atoms with Crippen molar-refractivity contribution >= 4 is 28.9 Å². The number of hydrogen-bond donors (Lipinski definition) is 3. The van der Waals surface area contributed by atoms with Crippen molar-refractivity contribution in [2.75, 3.05) is 24.8 Å². The van der Waals surface area contributed by atoms with Crippen molar-refractivity contribution < 1.29 is 9.53 Å². The monoisotopic (exact) mass is 451 g/mol. The van der Waals surface area contributed by atoms with E-state index in [0.29, 0.717) is 28.5 Å². The first-order valence-electron chi connectivity index (χ1n) is 11.5. The van der Waals surface area contributed by atoms with Gasteiger partial charge in [-0.3, -0.25) is 9.59 Å². The molecule has 0 aromatic carbocycles. The van der Waals surface area contributed by atoms with Gasteiger partial charge in [-0.15, -0.1) is 0 Å². The third-order valence-corrected chi connectivity index (χ3v) is 6.45. The van der Waals surface area contributed by atoms with E-state index in [1.165, 1.54) is 6.20 Å². The van der Waals surface area contributed by atoms with Gasteiger partial charge in [-0.25, -0.2) is 4.98 Å². The Bertz CT molecular complexity index is 1230. The minimum atomic E-state index is -0.189. The van der Waals surface area contributed by atoms with Gasteiger partial charge in [0.15, 0.2) is 5.65 Å². The van der Waals surface area contributed by atoms with Crippen LogP contribution in [0.4, 0.5) is 17.3 Å². The number of aromatic nitrogens is 4. The normalized spacial score (nSPS) is 20.5. The van der Waals surface area contributed by atoms with E-state index in [9.17, 15) is 9.59 Å². The second-order valence-electron chi connectivity index (χ2n) is 8.76. The van der Waals surface area contributed by atoms with Crippen LogP contribution in [0, 0.1) is 0 Å². The smallest absolute Gasteiger partial charge is 0.274 e. The van der Waals surface area contributed by atoms with Gasteiger partial charge in [0.05, 0.1) is 12.3 Å². The third-order valence-electron chi connectivity index (χ3n) is 6.45. The van der Waals surface area contributed by atoms with Crippen molar-refractivity contribution in [3.05, 3.63) is 46.5 Å². The zero-order valence-electron chi connectivity index (χ0n) is 18.9. The summed E-state index contributed by atoms with van der Waals surface area (Å²) in [6.07, 6.45) is 9.37. The van der Waals surface area contributed by atoms with E-state index in [2.05, 4.69) is 26.0 Å². The number of hydrogen-bond acceptors (Lipinski definition) is 7. The number of amides is 1. The molecule has 5 rings (SSSR count). The summed E-state index contributed by atoms with van der Waals surface area (Å²) in [6, 6.07) is 5.72. The van der Waals surface area contributed by atoms with Gasteiger partial charge in [-0.05, 0) is 50.7 Å². The van der Waals surface area contributed by atoms with E-state index in [1.54, 1.807) is 35.4 Å². The molecular formula is C23H29N7O3. The Kier molecular flexibility index (Phi) is 5.76. The molecule has 1 amide bonds. The predicted molar refractivity (Wildman–Crippen MR) is 125 cm³/mol. The molecule has 0 radical (unpaired) electrons. The fraction of sp³-hybridized carbons (Fsp3) is 0.478. The number of carbonyl (C=O) groups excluding carboxylic acids is 1. The molecule has 3 aromatic rings. The molecule has 0 bridgehead atoms. The van der Waals surface area contributed by atoms with Gasteiger partial charge < -0.3 is 25.3 Å². The maximum absolute atomic E-state index is 13.3. The molecule has 3 aromatic heterocycles. The Hall–Kier alpha value is -3.40. The number of nitrogens with zero attached hydrogens (tertiary/aromatic N) is 4. The van der Waals surface area contributed by atoms with Gasteiger partial charge in [-0.1, -0.05) is 0 Å². The van der Waals surface area contributed by atoms with Gasteiger partial charge in [-0.2, -0.15) is 9.61 Å². The minimum absolute atomic E-state index is 0.104. The molecule has 2 saturated carbocycles. The number of carbonyl (C=O) groups is 1. The first-order valence-corrected chi connectivity index (χ1v) is 11.5. The summed E-state index contributed by atoms with van der Waals surface area (Å²) in [7, 11) is 3.50. The summed E-state index contributed by atoms with van der Waals surface area (Å²) in [5.41, 5.74) is 1.15. The van der Waals surface area contributed by atoms with E-state index in [1.807, 2.05) is 12.3 Å². The zero-order valence-corrected chi connectivity index (χ0v) is 18.9. The van der Waals surface area contributed by atoms with E-state index in [0.717, 1.165) is 38.5 Å². The molecule has 0 spiro atoms. The molecule has 2 aliphatic rings. The van der Waals surface area contributed by atoms with Crippen LogP contribution in [-0.4, -0.2) is 51.4 Å². The summed E-state index contributed by atoms with van der Waals surface area (Å²) < 4.78 is 8.91. The molecule has 3 N–H and O–H groups in total. The van der Waals surface area contributed by atoms with Crippen LogP contribution in [-0.2, 0) is 4.74 Å². The van der Waals surface area contributed by atoms with Gasteiger partial charge in [0.2, 0.25) is 0 Å². The van der Waals surface area contributed by atoms with Crippen LogP contribution < -0.4 is 21.5 Å². The third kappa shape index (κ3) is 4.30. The first kappa shape index (κ1) is 21.4. The van der Waals surface area contributed by atoms with Crippen molar-refractivity contribution in [1.29, 1.82) is 0 Å². The van der Waals surface area contributed by atoms with E-state index < -0.39 is 0 Å². The fourth-order valence-corrected chi connectivity index (χ4v) is 4.47. The number of methoxy groups -OCH3 is 1. The summed E-state index contributed by atoms with van der Waals surface area (Å²) in [5.74, 6) is 0.923. The average Bonchev–Trinajstić information content (AvgIpc) is 3.54. The summed E-state index contributed by atoms with van der Waals surface area (Å²) >= 11 is 0. The quantitative estimate of drug-likeness (QED) is 0.506. The molecule has 174 valence electrons. The van der Waals surface area contributed by atoms with Crippen LogP contribution in [0.1, 0.15) is 54.9 Å². The van der Waals surface area contributed by atoms with Gasteiger partial charge in [0, 0.05) is 38.5 Å². The van der Waals surface area contributed by atoms with E-state index in [4.69, 9.17) is 4.74 Å². The maximum atomic E-state index is 13.3. The zero-order chi connectivity index (χ0) is 22.9. The van der Waals surface area contributed by atoms with Gasteiger partial charge in [0.1, 0.15) is 22.9 Å². The molecule has 0 aliphatic heterocycles. The molecular weight excluding hydrogens is 422 g/mol. The Morgan fingerprint density at radius 3 is 2.85 bits per heavy atom. The Morgan fingerprint density at radius 1 is 1.24 bits per heavy atom. The summed E-state index contributed by atoms with van der Waals surface area (Å²) in [4.78, 5) is 30.5. The Balaban J connectivity index is 1.46. The molecule has 2 fully saturated rings. The largest absolute Gasteiger partial charge is 0.381 e. The number of fused-ring (bicyclic) bond motifs is 1. The van der Waals surface area contributed by atoms with Crippen molar-refractivity contribution in [2.45, 2.75) is 56.7 Å². The van der Waals surface area contributed by atoms with Crippen LogP contribution in [0.15, 0.2) is 35.4 Å². The first-order chi connectivity index (χ1) is 16.1. The number of rotatable bonds is 7. The predicted octanol–water partition coefficient (Wildman–Crippen LogP) is 2.70. The summed E-state index contributed by atoms with van der Waals surface area (Å²) in [6.45, 7) is 0. The second-order valence-corrected chi connectivity index (χ2v) is 8.76. The molecule has 2 atom stereocenters. The van der Waals surface area contributed by atoms with E-state index in [-0.39, 0.29) is 29.7 Å². The highest BCUT2D eigenvalue weighted by atomic mass is 16.5. The molecule has 0 saturated heterocycles. The summed E-state index contributed by atoms with van der Waals surface area (Å²) in [5, 5.41) is 13.5. The highest BCUT2D eigenvalue weighted by Crippen LogP contribution is 2.29. The topological polar surface area (TPSA) is 115 Å².